The van der Waals surface area contributed by atoms with E-state index in [0.717, 1.165) is 23.7 Å². The van der Waals surface area contributed by atoms with Crippen LogP contribution in [-0.4, -0.2) is 23.2 Å². The van der Waals surface area contributed by atoms with Crippen LogP contribution >= 0.6 is 21.6 Å². The average molecular weight is 284 g/mol. The molecular weight excluding hydrogens is 264 g/mol. The van der Waals surface area contributed by atoms with Crippen LogP contribution in [-0.2, 0) is 4.79 Å². The highest BCUT2D eigenvalue weighted by Crippen LogP contribution is 2.29. The molecule has 1 amide bonds. The van der Waals surface area contributed by atoms with Crippen molar-refractivity contribution in [2.45, 2.75) is 31.7 Å². The van der Waals surface area contributed by atoms with Gasteiger partial charge in [-0.25, -0.2) is 4.98 Å². The summed E-state index contributed by atoms with van der Waals surface area (Å²) in [4.78, 5) is 15.7. The molecule has 1 heterocycles. The molecule has 0 aliphatic carbocycles. The minimum atomic E-state index is 0.143. The second-order valence-electron chi connectivity index (χ2n) is 4.36. The number of pyridine rings is 1. The highest BCUT2D eigenvalue weighted by molar-refractivity contribution is 8.76. The fourth-order valence-corrected chi connectivity index (χ4v) is 3.09. The first-order valence-corrected chi connectivity index (χ1v) is 8.47. The number of carbonyl (C=O) groups excluding carboxylic acids is 1. The van der Waals surface area contributed by atoms with Gasteiger partial charge in [0, 0.05) is 24.9 Å². The molecule has 0 aromatic carbocycles. The molecule has 0 aliphatic heterocycles. The lowest BCUT2D eigenvalue weighted by Gasteiger charge is -2.06. The molecule has 1 N–H and O–H groups in total. The van der Waals surface area contributed by atoms with Crippen molar-refractivity contribution in [3.63, 3.8) is 0 Å². The van der Waals surface area contributed by atoms with Crippen molar-refractivity contribution >= 4 is 27.5 Å². The molecule has 0 atom stereocenters. The van der Waals surface area contributed by atoms with Gasteiger partial charge in [0.15, 0.2) is 0 Å². The Morgan fingerprint density at radius 3 is 2.94 bits per heavy atom. The summed E-state index contributed by atoms with van der Waals surface area (Å²) in [6, 6.07) is 5.84. The molecule has 18 heavy (non-hydrogen) atoms. The minimum absolute atomic E-state index is 0.143. The molecule has 1 rings (SSSR count). The lowest BCUT2D eigenvalue weighted by Crippen LogP contribution is -2.25. The van der Waals surface area contributed by atoms with Crippen molar-refractivity contribution in [2.75, 3.05) is 12.3 Å². The Balaban J connectivity index is 2.02. The third-order valence-electron chi connectivity index (χ3n) is 2.24. The average Bonchev–Trinajstić information content (AvgIpc) is 2.35. The van der Waals surface area contributed by atoms with Crippen LogP contribution in [0, 0.1) is 5.92 Å². The molecule has 100 valence electrons. The maximum absolute atomic E-state index is 11.5. The van der Waals surface area contributed by atoms with Gasteiger partial charge in [-0.15, -0.1) is 0 Å². The van der Waals surface area contributed by atoms with E-state index >= 15 is 0 Å². The predicted octanol–water partition coefficient (Wildman–Crippen LogP) is 3.37. The maximum atomic E-state index is 11.5. The van der Waals surface area contributed by atoms with Crippen LogP contribution in [0.4, 0.5) is 0 Å². The molecule has 1 aromatic heterocycles. The Hall–Kier alpha value is -0.680. The van der Waals surface area contributed by atoms with Gasteiger partial charge in [0.1, 0.15) is 5.03 Å². The Kier molecular flexibility index (Phi) is 7.93. The summed E-state index contributed by atoms with van der Waals surface area (Å²) in [6.45, 7) is 5.10. The Labute approximate surface area is 117 Å². The zero-order valence-corrected chi connectivity index (χ0v) is 12.5. The fourth-order valence-electron chi connectivity index (χ4n) is 1.22. The third kappa shape index (κ3) is 7.61. The van der Waals surface area contributed by atoms with Crippen molar-refractivity contribution in [3.05, 3.63) is 24.4 Å². The quantitative estimate of drug-likeness (QED) is 0.587. The highest BCUT2D eigenvalue weighted by Gasteiger charge is 2.02. The zero-order valence-electron chi connectivity index (χ0n) is 10.9. The molecule has 0 aliphatic rings. The molecule has 1 aromatic rings. The second-order valence-corrected chi connectivity index (χ2v) is 6.79. The van der Waals surface area contributed by atoms with Gasteiger partial charge >= 0.3 is 0 Å². The first kappa shape index (κ1) is 15.4. The van der Waals surface area contributed by atoms with Crippen LogP contribution < -0.4 is 5.32 Å². The molecule has 0 radical (unpaired) electrons. The Bertz CT molecular complexity index is 344. The van der Waals surface area contributed by atoms with E-state index in [1.807, 2.05) is 18.2 Å². The first-order chi connectivity index (χ1) is 8.68. The SMILES string of the molecule is CC(C)CCNC(=O)CCSSc1ccccn1. The number of amides is 1. The first-order valence-electron chi connectivity index (χ1n) is 6.15. The molecule has 0 spiro atoms. The summed E-state index contributed by atoms with van der Waals surface area (Å²) in [5, 5.41) is 3.92. The largest absolute Gasteiger partial charge is 0.356 e. The van der Waals surface area contributed by atoms with E-state index in [2.05, 4.69) is 24.1 Å². The van der Waals surface area contributed by atoms with Crippen LogP contribution in [0.5, 0.6) is 0 Å². The van der Waals surface area contributed by atoms with Crippen molar-refractivity contribution in [3.8, 4) is 0 Å². The molecule has 0 saturated heterocycles. The standard InChI is InChI=1S/C13H20N2OS2/c1-11(2)6-9-14-12(16)7-10-17-18-13-5-3-4-8-15-13/h3-5,8,11H,6-7,9-10H2,1-2H3,(H,14,16). The van der Waals surface area contributed by atoms with Crippen molar-refractivity contribution in [1.29, 1.82) is 0 Å². The third-order valence-corrected chi connectivity index (χ3v) is 4.51. The van der Waals surface area contributed by atoms with E-state index < -0.39 is 0 Å². The molecule has 0 bridgehead atoms. The van der Waals surface area contributed by atoms with Gasteiger partial charge in [-0.1, -0.05) is 30.7 Å². The summed E-state index contributed by atoms with van der Waals surface area (Å²) in [5.41, 5.74) is 0. The van der Waals surface area contributed by atoms with E-state index in [4.69, 9.17) is 0 Å². The van der Waals surface area contributed by atoms with Crippen LogP contribution in [0.3, 0.4) is 0 Å². The predicted molar refractivity (Wildman–Crippen MR) is 79.6 cm³/mol. The van der Waals surface area contributed by atoms with E-state index in [1.54, 1.807) is 27.8 Å². The Morgan fingerprint density at radius 2 is 2.28 bits per heavy atom. The number of hydrogen-bond donors (Lipinski definition) is 1. The smallest absolute Gasteiger partial charge is 0.220 e. The van der Waals surface area contributed by atoms with Crippen molar-refractivity contribution < 1.29 is 4.79 Å². The van der Waals surface area contributed by atoms with Crippen LogP contribution in [0.1, 0.15) is 26.7 Å². The summed E-state index contributed by atoms with van der Waals surface area (Å²) < 4.78 is 0. The number of nitrogens with zero attached hydrogens (tertiary/aromatic N) is 1. The second kappa shape index (κ2) is 9.28. The van der Waals surface area contributed by atoms with Crippen LogP contribution in [0.2, 0.25) is 0 Å². The molecule has 0 unspecified atom stereocenters. The van der Waals surface area contributed by atoms with Crippen molar-refractivity contribution in [2.24, 2.45) is 5.92 Å². The molecular formula is C13H20N2OS2. The Morgan fingerprint density at radius 1 is 1.44 bits per heavy atom. The van der Waals surface area contributed by atoms with Gasteiger partial charge in [0.2, 0.25) is 5.91 Å². The molecule has 0 fully saturated rings. The summed E-state index contributed by atoms with van der Waals surface area (Å²) in [6.07, 6.45) is 3.39. The van der Waals surface area contributed by atoms with Gasteiger partial charge in [-0.3, -0.25) is 4.79 Å². The van der Waals surface area contributed by atoms with E-state index in [9.17, 15) is 4.79 Å². The zero-order chi connectivity index (χ0) is 13.2. The number of nitrogens with one attached hydrogen (secondary N) is 1. The summed E-state index contributed by atoms with van der Waals surface area (Å²) in [7, 11) is 3.28. The van der Waals surface area contributed by atoms with E-state index in [-0.39, 0.29) is 5.91 Å². The summed E-state index contributed by atoms with van der Waals surface area (Å²) in [5.74, 6) is 1.60. The highest BCUT2D eigenvalue weighted by atomic mass is 33.1. The van der Waals surface area contributed by atoms with Gasteiger partial charge in [-0.2, -0.15) is 0 Å². The number of hydrogen-bond acceptors (Lipinski definition) is 4. The normalized spacial score (nSPS) is 10.6. The fraction of sp³-hybridized carbons (Fsp3) is 0.538. The monoisotopic (exact) mass is 284 g/mol. The van der Waals surface area contributed by atoms with Gasteiger partial charge in [-0.05, 0) is 35.3 Å². The van der Waals surface area contributed by atoms with Crippen LogP contribution in [0.25, 0.3) is 0 Å². The summed E-state index contributed by atoms with van der Waals surface area (Å²) >= 11 is 0. The molecule has 0 saturated carbocycles. The molecule has 3 nitrogen and oxygen atoms in total. The van der Waals surface area contributed by atoms with Gasteiger partial charge < -0.3 is 5.32 Å². The number of carbonyl (C=O) groups is 1. The maximum Gasteiger partial charge on any atom is 0.220 e. The number of aromatic nitrogens is 1. The van der Waals surface area contributed by atoms with E-state index in [1.165, 1.54) is 0 Å². The van der Waals surface area contributed by atoms with Gasteiger partial charge in [0.25, 0.3) is 0 Å². The van der Waals surface area contributed by atoms with Crippen molar-refractivity contribution in [1.82, 2.24) is 10.3 Å². The lowest BCUT2D eigenvalue weighted by atomic mass is 10.1. The molecule has 5 heteroatoms. The lowest BCUT2D eigenvalue weighted by molar-refractivity contribution is -0.120. The topological polar surface area (TPSA) is 42.0 Å². The van der Waals surface area contributed by atoms with E-state index in [0.29, 0.717) is 12.3 Å². The van der Waals surface area contributed by atoms with Crippen LogP contribution in [0.15, 0.2) is 29.4 Å². The van der Waals surface area contributed by atoms with Gasteiger partial charge in [0.05, 0.1) is 0 Å². The minimum Gasteiger partial charge on any atom is -0.356 e. The number of rotatable bonds is 8.